The van der Waals surface area contributed by atoms with Crippen LogP contribution in [0.25, 0.3) is 0 Å². The van der Waals surface area contributed by atoms with Crippen molar-refractivity contribution in [2.75, 3.05) is 13.4 Å². The smallest absolute Gasteiger partial charge is 0.148 e. The maximum Gasteiger partial charge on any atom is 0.148 e. The van der Waals surface area contributed by atoms with E-state index in [1.54, 1.807) is 6.92 Å². The maximum atomic E-state index is 5.63. The van der Waals surface area contributed by atoms with Crippen molar-refractivity contribution in [1.82, 2.24) is 0 Å². The largest absolute Gasteiger partial charge is 0.355 e. The minimum Gasteiger partial charge on any atom is -0.355 e. The van der Waals surface area contributed by atoms with Crippen LogP contribution in [0, 0.1) is 0 Å². The van der Waals surface area contributed by atoms with Gasteiger partial charge in [0.2, 0.25) is 0 Å². The lowest BCUT2D eigenvalue weighted by molar-refractivity contribution is -0.0621. The fraction of sp³-hybridized carbons (Fsp3) is 1.00. The van der Waals surface area contributed by atoms with E-state index < -0.39 is 0 Å². The predicted octanol–water partition coefficient (Wildman–Crippen LogP) is 6.26. The molecule has 0 rings (SSSR count). The molecule has 20 heavy (non-hydrogen) atoms. The first-order chi connectivity index (χ1) is 9.77. The lowest BCUT2D eigenvalue weighted by atomic mass is 10.1. The van der Waals surface area contributed by atoms with Crippen molar-refractivity contribution in [3.8, 4) is 0 Å². The second-order valence-electron chi connectivity index (χ2n) is 5.62. The van der Waals surface area contributed by atoms with Gasteiger partial charge in [0, 0.05) is 6.61 Å². The molecule has 1 atom stereocenters. The topological polar surface area (TPSA) is 18.5 Å². The Bertz CT molecular complexity index is 174. The molecule has 0 aromatic carbocycles. The number of alkyl halides is 1. The highest BCUT2D eigenvalue weighted by atomic mass is 35.5. The number of halogens is 1. The number of unbranched alkanes of at least 4 members (excludes halogenated alkanes) is 11. The Morgan fingerprint density at radius 1 is 0.750 bits per heavy atom. The molecule has 0 radical (unpaired) electrons. The summed E-state index contributed by atoms with van der Waals surface area (Å²) in [6, 6.07) is 0. The number of rotatable bonds is 16. The van der Waals surface area contributed by atoms with Crippen molar-refractivity contribution < 1.29 is 9.47 Å². The summed E-state index contributed by atoms with van der Waals surface area (Å²) in [4.78, 5) is 0. The minimum atomic E-state index is -0.253. The van der Waals surface area contributed by atoms with E-state index in [2.05, 4.69) is 6.92 Å². The molecular weight excluding hydrogens is 272 g/mol. The van der Waals surface area contributed by atoms with E-state index in [1.165, 1.54) is 70.6 Å². The van der Waals surface area contributed by atoms with Gasteiger partial charge in [0.1, 0.15) is 12.4 Å². The number of ether oxygens (including phenoxy) is 2. The highest BCUT2D eigenvalue weighted by Crippen LogP contribution is 2.11. The summed E-state index contributed by atoms with van der Waals surface area (Å²) in [7, 11) is 0. The van der Waals surface area contributed by atoms with Crippen LogP contribution in [0.1, 0.15) is 90.9 Å². The van der Waals surface area contributed by atoms with E-state index in [0.29, 0.717) is 6.79 Å². The number of hydrogen-bond acceptors (Lipinski definition) is 2. The molecule has 1 unspecified atom stereocenters. The van der Waals surface area contributed by atoms with Crippen molar-refractivity contribution in [1.29, 1.82) is 0 Å². The molecule has 0 aromatic rings. The summed E-state index contributed by atoms with van der Waals surface area (Å²) in [6.07, 6.45) is 16.5. The van der Waals surface area contributed by atoms with E-state index in [4.69, 9.17) is 21.1 Å². The average molecular weight is 307 g/mol. The second kappa shape index (κ2) is 17.3. The molecule has 0 fully saturated rings. The number of hydrogen-bond donors (Lipinski definition) is 0. The van der Waals surface area contributed by atoms with Crippen LogP contribution in [0.5, 0.6) is 0 Å². The van der Waals surface area contributed by atoms with Crippen LogP contribution in [0.3, 0.4) is 0 Å². The normalized spacial score (nSPS) is 12.8. The van der Waals surface area contributed by atoms with Crippen LogP contribution in [-0.4, -0.2) is 19.0 Å². The fourth-order valence-electron chi connectivity index (χ4n) is 2.25. The zero-order valence-corrected chi connectivity index (χ0v) is 14.4. The monoisotopic (exact) mass is 306 g/mol. The van der Waals surface area contributed by atoms with Gasteiger partial charge in [0.15, 0.2) is 0 Å². The van der Waals surface area contributed by atoms with Gasteiger partial charge in [-0.25, -0.2) is 0 Å². The molecule has 0 saturated carbocycles. The first-order valence-electron chi connectivity index (χ1n) is 8.60. The van der Waals surface area contributed by atoms with Gasteiger partial charge >= 0.3 is 0 Å². The molecule has 122 valence electrons. The van der Waals surface area contributed by atoms with Crippen LogP contribution in [0.15, 0.2) is 0 Å². The first kappa shape index (κ1) is 20.2. The Balaban J connectivity index is 2.92. The second-order valence-corrected chi connectivity index (χ2v) is 6.24. The summed E-state index contributed by atoms with van der Waals surface area (Å²) in [5.74, 6) is 0. The predicted molar refractivity (Wildman–Crippen MR) is 88.3 cm³/mol. The first-order valence-corrected chi connectivity index (χ1v) is 9.04. The van der Waals surface area contributed by atoms with Crippen molar-refractivity contribution in [3.63, 3.8) is 0 Å². The van der Waals surface area contributed by atoms with E-state index in [9.17, 15) is 0 Å². The average Bonchev–Trinajstić information content (AvgIpc) is 2.43. The summed E-state index contributed by atoms with van der Waals surface area (Å²) >= 11 is 5.63. The van der Waals surface area contributed by atoms with Crippen LogP contribution >= 0.6 is 11.6 Å². The van der Waals surface area contributed by atoms with Gasteiger partial charge < -0.3 is 9.47 Å². The van der Waals surface area contributed by atoms with E-state index in [0.717, 1.165) is 13.0 Å². The van der Waals surface area contributed by atoms with Crippen LogP contribution in [-0.2, 0) is 9.47 Å². The van der Waals surface area contributed by atoms with Crippen LogP contribution in [0.4, 0.5) is 0 Å². The molecule has 0 heterocycles. The summed E-state index contributed by atoms with van der Waals surface area (Å²) in [6.45, 7) is 5.19. The van der Waals surface area contributed by atoms with Gasteiger partial charge in [-0.3, -0.25) is 0 Å². The quantitative estimate of drug-likeness (QED) is 0.190. The Kier molecular flexibility index (Phi) is 17.4. The molecule has 0 saturated heterocycles. The lowest BCUT2D eigenvalue weighted by Crippen LogP contribution is -2.05. The van der Waals surface area contributed by atoms with Gasteiger partial charge in [-0.05, 0) is 13.3 Å². The van der Waals surface area contributed by atoms with Gasteiger partial charge in [0.25, 0.3) is 0 Å². The molecule has 0 bridgehead atoms. The molecule has 0 aliphatic carbocycles. The van der Waals surface area contributed by atoms with Crippen molar-refractivity contribution in [2.24, 2.45) is 0 Å². The standard InChI is InChI=1S/C17H35ClO2/c1-3-4-5-6-7-8-9-10-11-12-13-14-15-19-16-20-17(2)18/h17H,3-16H2,1-2H3. The molecule has 0 amide bonds. The molecule has 0 aliphatic heterocycles. The third kappa shape index (κ3) is 18.2. The van der Waals surface area contributed by atoms with Crippen LogP contribution in [0.2, 0.25) is 0 Å². The fourth-order valence-corrected chi connectivity index (χ4v) is 2.30. The van der Waals surface area contributed by atoms with Crippen molar-refractivity contribution >= 4 is 11.6 Å². The van der Waals surface area contributed by atoms with E-state index in [1.807, 2.05) is 0 Å². The Hall–Kier alpha value is 0.210. The summed E-state index contributed by atoms with van der Waals surface area (Å²) in [5.41, 5.74) is -0.253. The van der Waals surface area contributed by atoms with Crippen molar-refractivity contribution in [3.05, 3.63) is 0 Å². The van der Waals surface area contributed by atoms with Crippen LogP contribution < -0.4 is 0 Å². The molecule has 0 spiro atoms. The van der Waals surface area contributed by atoms with Gasteiger partial charge in [-0.1, -0.05) is 89.2 Å². The molecule has 3 heteroatoms. The van der Waals surface area contributed by atoms with Gasteiger partial charge in [0.05, 0.1) is 0 Å². The molecule has 0 aromatic heterocycles. The molecule has 0 N–H and O–H groups in total. The van der Waals surface area contributed by atoms with E-state index in [-0.39, 0.29) is 5.56 Å². The zero-order valence-electron chi connectivity index (χ0n) is 13.7. The van der Waals surface area contributed by atoms with Crippen molar-refractivity contribution in [2.45, 2.75) is 96.5 Å². The Labute approximate surface area is 131 Å². The van der Waals surface area contributed by atoms with E-state index >= 15 is 0 Å². The summed E-state index contributed by atoms with van der Waals surface area (Å²) < 4.78 is 10.4. The maximum absolute atomic E-state index is 5.63. The minimum absolute atomic E-state index is 0.253. The molecule has 2 nitrogen and oxygen atoms in total. The SMILES string of the molecule is CCCCCCCCCCCCCCOCOC(C)Cl. The highest BCUT2D eigenvalue weighted by molar-refractivity contribution is 6.19. The summed E-state index contributed by atoms with van der Waals surface area (Å²) in [5, 5.41) is 0. The third-order valence-electron chi connectivity index (χ3n) is 3.52. The Morgan fingerprint density at radius 3 is 1.65 bits per heavy atom. The lowest BCUT2D eigenvalue weighted by Gasteiger charge is -2.06. The highest BCUT2D eigenvalue weighted by Gasteiger charge is 1.95. The molecular formula is C17H35ClO2. The molecule has 0 aliphatic rings. The third-order valence-corrected chi connectivity index (χ3v) is 3.65. The van der Waals surface area contributed by atoms with Gasteiger partial charge in [-0.2, -0.15) is 0 Å². The van der Waals surface area contributed by atoms with Gasteiger partial charge in [-0.15, -0.1) is 0 Å². The Morgan fingerprint density at radius 2 is 1.20 bits per heavy atom. The zero-order chi connectivity index (χ0) is 14.9.